The molecule has 3 aromatic rings. The molecule has 5 nitrogen and oxygen atoms in total. The highest BCUT2D eigenvalue weighted by molar-refractivity contribution is 8.01. The van der Waals surface area contributed by atoms with E-state index in [2.05, 4.69) is 20.8 Å². The van der Waals surface area contributed by atoms with Crippen LogP contribution < -0.4 is 10.6 Å². The Morgan fingerprint density at radius 1 is 1.12 bits per heavy atom. The molecule has 0 saturated carbocycles. The summed E-state index contributed by atoms with van der Waals surface area (Å²) < 4.78 is 13.8. The first-order valence-corrected chi connectivity index (χ1v) is 9.29. The minimum absolute atomic E-state index is 0.0660. The van der Waals surface area contributed by atoms with Gasteiger partial charge in [-0.05, 0) is 23.8 Å². The molecule has 0 aliphatic carbocycles. The van der Waals surface area contributed by atoms with Crippen molar-refractivity contribution < 1.29 is 9.18 Å². The largest absolute Gasteiger partial charge is 0.351 e. The van der Waals surface area contributed by atoms with Gasteiger partial charge in [0.15, 0.2) is 4.34 Å². The molecule has 0 fully saturated rings. The molecule has 1 aromatic heterocycles. The number of aromatic nitrogens is 2. The zero-order chi connectivity index (χ0) is 17.5. The minimum Gasteiger partial charge on any atom is -0.351 e. The molecule has 0 saturated heterocycles. The Balaban J connectivity index is 1.46. The van der Waals surface area contributed by atoms with Crippen LogP contribution in [0.3, 0.4) is 0 Å². The Kier molecular flexibility index (Phi) is 5.97. The van der Waals surface area contributed by atoms with Crippen molar-refractivity contribution in [1.29, 1.82) is 0 Å². The van der Waals surface area contributed by atoms with Crippen molar-refractivity contribution in [1.82, 2.24) is 15.5 Å². The minimum atomic E-state index is -0.320. The number of anilines is 2. The number of hydrogen-bond donors (Lipinski definition) is 2. The van der Waals surface area contributed by atoms with Crippen LogP contribution in [0, 0.1) is 5.82 Å². The standard InChI is InChI=1S/C17H15FN4OS2/c18-13-7-4-8-14(9-13)20-16-21-22-17(25-16)24-11-15(23)19-10-12-5-2-1-3-6-12/h1-9H,10-11H2,(H,19,23)(H,20,21). The normalized spacial score (nSPS) is 10.4. The van der Waals surface area contributed by atoms with Gasteiger partial charge in [-0.15, -0.1) is 10.2 Å². The number of hydrogen-bond acceptors (Lipinski definition) is 6. The Hall–Kier alpha value is -2.45. The van der Waals surface area contributed by atoms with Crippen LogP contribution in [0.2, 0.25) is 0 Å². The van der Waals surface area contributed by atoms with E-state index >= 15 is 0 Å². The molecule has 1 heterocycles. The maximum atomic E-state index is 13.2. The van der Waals surface area contributed by atoms with Crippen LogP contribution in [0.25, 0.3) is 0 Å². The van der Waals surface area contributed by atoms with Gasteiger partial charge in [0.25, 0.3) is 0 Å². The highest BCUT2D eigenvalue weighted by Gasteiger charge is 2.08. The van der Waals surface area contributed by atoms with Crippen LogP contribution >= 0.6 is 23.1 Å². The lowest BCUT2D eigenvalue weighted by Gasteiger charge is -2.03. The maximum absolute atomic E-state index is 13.2. The van der Waals surface area contributed by atoms with Gasteiger partial charge in [0.05, 0.1) is 5.75 Å². The van der Waals surface area contributed by atoms with Gasteiger partial charge in [-0.1, -0.05) is 59.5 Å². The molecule has 0 atom stereocenters. The number of carbonyl (C=O) groups excluding carboxylic acids is 1. The lowest BCUT2D eigenvalue weighted by Crippen LogP contribution is -2.24. The number of thioether (sulfide) groups is 1. The quantitative estimate of drug-likeness (QED) is 0.615. The number of halogens is 1. The second-order valence-electron chi connectivity index (χ2n) is 5.06. The second kappa shape index (κ2) is 8.59. The third kappa shape index (κ3) is 5.54. The highest BCUT2D eigenvalue weighted by Crippen LogP contribution is 2.27. The zero-order valence-corrected chi connectivity index (χ0v) is 14.7. The summed E-state index contributed by atoms with van der Waals surface area (Å²) in [6, 6.07) is 15.8. The van der Waals surface area contributed by atoms with Crippen molar-refractivity contribution in [2.75, 3.05) is 11.1 Å². The smallest absolute Gasteiger partial charge is 0.230 e. The van der Waals surface area contributed by atoms with Gasteiger partial charge in [0.2, 0.25) is 11.0 Å². The van der Waals surface area contributed by atoms with Crippen LogP contribution in [-0.2, 0) is 11.3 Å². The lowest BCUT2D eigenvalue weighted by atomic mass is 10.2. The Bertz CT molecular complexity index is 841. The van der Waals surface area contributed by atoms with Gasteiger partial charge in [-0.2, -0.15) is 0 Å². The molecule has 0 spiro atoms. The van der Waals surface area contributed by atoms with Gasteiger partial charge < -0.3 is 10.6 Å². The maximum Gasteiger partial charge on any atom is 0.230 e. The van der Waals surface area contributed by atoms with Crippen molar-refractivity contribution >= 4 is 39.8 Å². The van der Waals surface area contributed by atoms with E-state index in [4.69, 9.17) is 0 Å². The van der Waals surface area contributed by atoms with Gasteiger partial charge in [-0.25, -0.2) is 4.39 Å². The first kappa shape index (κ1) is 17.4. The van der Waals surface area contributed by atoms with Crippen molar-refractivity contribution in [2.24, 2.45) is 0 Å². The summed E-state index contributed by atoms with van der Waals surface area (Å²) >= 11 is 2.63. The van der Waals surface area contributed by atoms with E-state index in [1.165, 1.54) is 35.2 Å². The van der Waals surface area contributed by atoms with Crippen LogP contribution in [-0.4, -0.2) is 21.9 Å². The van der Waals surface area contributed by atoms with E-state index in [-0.39, 0.29) is 17.5 Å². The molecule has 2 N–H and O–H groups in total. The molecule has 1 amide bonds. The average Bonchev–Trinajstić information content (AvgIpc) is 3.06. The molecule has 128 valence electrons. The molecule has 2 aromatic carbocycles. The van der Waals surface area contributed by atoms with E-state index in [0.717, 1.165) is 5.56 Å². The third-order valence-corrected chi connectivity index (χ3v) is 5.11. The van der Waals surface area contributed by atoms with Crippen LogP contribution in [0.5, 0.6) is 0 Å². The fourth-order valence-electron chi connectivity index (χ4n) is 1.98. The molecule has 0 unspecified atom stereocenters. The number of benzene rings is 2. The Labute approximate surface area is 152 Å². The number of nitrogens with one attached hydrogen (secondary N) is 2. The summed E-state index contributed by atoms with van der Waals surface area (Å²) in [6.07, 6.45) is 0. The molecule has 3 rings (SSSR count). The van der Waals surface area contributed by atoms with Gasteiger partial charge in [0.1, 0.15) is 5.82 Å². The number of nitrogens with zero attached hydrogens (tertiary/aromatic N) is 2. The van der Waals surface area contributed by atoms with Crippen LogP contribution in [0.15, 0.2) is 58.9 Å². The van der Waals surface area contributed by atoms with E-state index in [1.54, 1.807) is 12.1 Å². The third-order valence-electron chi connectivity index (χ3n) is 3.14. The van der Waals surface area contributed by atoms with Gasteiger partial charge >= 0.3 is 0 Å². The van der Waals surface area contributed by atoms with Crippen LogP contribution in [0.1, 0.15) is 5.56 Å². The summed E-state index contributed by atoms with van der Waals surface area (Å²) in [7, 11) is 0. The molecular formula is C17H15FN4OS2. The van der Waals surface area contributed by atoms with Gasteiger partial charge in [0, 0.05) is 12.2 Å². The Morgan fingerprint density at radius 2 is 1.96 bits per heavy atom. The molecular weight excluding hydrogens is 359 g/mol. The fourth-order valence-corrected chi connectivity index (χ4v) is 3.59. The van der Waals surface area contributed by atoms with E-state index in [1.807, 2.05) is 30.3 Å². The molecule has 0 aliphatic rings. The number of rotatable bonds is 7. The van der Waals surface area contributed by atoms with E-state index in [0.29, 0.717) is 21.7 Å². The van der Waals surface area contributed by atoms with Crippen molar-refractivity contribution in [3.05, 3.63) is 66.0 Å². The topological polar surface area (TPSA) is 66.9 Å². The molecule has 0 aliphatic heterocycles. The van der Waals surface area contributed by atoms with E-state index in [9.17, 15) is 9.18 Å². The predicted molar refractivity (Wildman–Crippen MR) is 98.6 cm³/mol. The predicted octanol–water partition coefficient (Wildman–Crippen LogP) is 3.83. The number of amides is 1. The SMILES string of the molecule is O=C(CSc1nnc(Nc2cccc(F)c2)s1)NCc1ccccc1. The van der Waals surface area contributed by atoms with Crippen molar-refractivity contribution in [3.63, 3.8) is 0 Å². The van der Waals surface area contributed by atoms with Gasteiger partial charge in [-0.3, -0.25) is 4.79 Å². The van der Waals surface area contributed by atoms with Crippen molar-refractivity contribution in [2.45, 2.75) is 10.9 Å². The number of carbonyl (C=O) groups is 1. The zero-order valence-electron chi connectivity index (χ0n) is 13.1. The molecule has 25 heavy (non-hydrogen) atoms. The summed E-state index contributed by atoms with van der Waals surface area (Å²) in [5.41, 5.74) is 1.66. The molecule has 0 bridgehead atoms. The highest BCUT2D eigenvalue weighted by atomic mass is 32.2. The first-order chi connectivity index (χ1) is 12.2. The summed E-state index contributed by atoms with van der Waals surface area (Å²) in [5, 5.41) is 14.4. The van der Waals surface area contributed by atoms with E-state index < -0.39 is 0 Å². The summed E-state index contributed by atoms with van der Waals surface area (Å²) in [4.78, 5) is 11.9. The first-order valence-electron chi connectivity index (χ1n) is 7.48. The average molecular weight is 374 g/mol. The Morgan fingerprint density at radius 3 is 2.76 bits per heavy atom. The van der Waals surface area contributed by atoms with Crippen molar-refractivity contribution in [3.8, 4) is 0 Å². The summed E-state index contributed by atoms with van der Waals surface area (Å²) in [6.45, 7) is 0.503. The monoisotopic (exact) mass is 374 g/mol. The molecule has 0 radical (unpaired) electrons. The summed E-state index contributed by atoms with van der Waals surface area (Å²) in [5.74, 6) is -0.121. The lowest BCUT2D eigenvalue weighted by molar-refractivity contribution is -0.118. The second-order valence-corrected chi connectivity index (χ2v) is 7.26. The molecule has 8 heteroatoms. The fraction of sp³-hybridized carbons (Fsp3) is 0.118. The van der Waals surface area contributed by atoms with Crippen LogP contribution in [0.4, 0.5) is 15.2 Å².